The van der Waals surface area contributed by atoms with Crippen LogP contribution >= 0.6 is 0 Å². The summed E-state index contributed by atoms with van der Waals surface area (Å²) in [5.41, 5.74) is -0.619. The van der Waals surface area contributed by atoms with Gasteiger partial charge in [0.25, 0.3) is 0 Å². The highest BCUT2D eigenvalue weighted by Gasteiger charge is 2.55. The van der Waals surface area contributed by atoms with Gasteiger partial charge in [-0.15, -0.1) is 0 Å². The van der Waals surface area contributed by atoms with Crippen molar-refractivity contribution in [3.63, 3.8) is 0 Å². The predicted octanol–water partition coefficient (Wildman–Crippen LogP) is 2.13. The quantitative estimate of drug-likeness (QED) is 0.639. The smallest absolute Gasteiger partial charge is 0.241 e. The van der Waals surface area contributed by atoms with Crippen LogP contribution in [0.2, 0.25) is 0 Å². The van der Waals surface area contributed by atoms with Crippen LogP contribution in [0.1, 0.15) is 44.1 Å². The molecular formula is C23H30N2O5. The third-order valence-corrected chi connectivity index (χ3v) is 6.97. The van der Waals surface area contributed by atoms with E-state index in [0.29, 0.717) is 17.2 Å². The number of methoxy groups -OCH3 is 2. The third kappa shape index (κ3) is 3.49. The summed E-state index contributed by atoms with van der Waals surface area (Å²) in [6.07, 6.45) is 4.37. The number of nitrogens with zero attached hydrogens (tertiary/aromatic N) is 2. The van der Waals surface area contributed by atoms with Gasteiger partial charge in [0.1, 0.15) is 5.75 Å². The Kier molecular flexibility index (Phi) is 5.82. The van der Waals surface area contributed by atoms with Crippen molar-refractivity contribution in [2.24, 2.45) is 5.92 Å². The molecule has 3 amide bonds. The van der Waals surface area contributed by atoms with Gasteiger partial charge in [-0.05, 0) is 31.2 Å². The SMILES string of the molecule is COCCN1C(=O)C[C@@](CC(=O)N2C[C@@H]3CCC[C@@H]2C3)(c2ccccc2OC)C1=O. The number of fused-ring (bicyclic) bond motifs is 2. The second-order valence-corrected chi connectivity index (χ2v) is 8.71. The van der Waals surface area contributed by atoms with E-state index in [1.165, 1.54) is 18.4 Å². The molecule has 0 aromatic heterocycles. The second-order valence-electron chi connectivity index (χ2n) is 8.71. The summed E-state index contributed by atoms with van der Waals surface area (Å²) in [4.78, 5) is 43.1. The molecule has 0 N–H and O–H groups in total. The zero-order chi connectivity index (χ0) is 21.3. The molecule has 3 aliphatic rings. The molecule has 1 saturated carbocycles. The van der Waals surface area contributed by atoms with Crippen molar-refractivity contribution in [3.8, 4) is 5.75 Å². The molecular weight excluding hydrogens is 384 g/mol. The Bertz CT molecular complexity index is 841. The Balaban J connectivity index is 1.69. The number of benzene rings is 1. The van der Waals surface area contributed by atoms with Gasteiger partial charge in [0.05, 0.1) is 25.7 Å². The number of carbonyl (C=O) groups is 3. The molecule has 2 heterocycles. The van der Waals surface area contributed by atoms with Crippen LogP contribution in [0.5, 0.6) is 5.75 Å². The molecule has 2 saturated heterocycles. The number of carbonyl (C=O) groups excluding carboxylic acids is 3. The molecule has 162 valence electrons. The fraction of sp³-hybridized carbons (Fsp3) is 0.609. The van der Waals surface area contributed by atoms with E-state index in [4.69, 9.17) is 9.47 Å². The van der Waals surface area contributed by atoms with Gasteiger partial charge in [0.2, 0.25) is 17.7 Å². The summed E-state index contributed by atoms with van der Waals surface area (Å²) in [7, 11) is 3.08. The first-order valence-corrected chi connectivity index (χ1v) is 10.8. The molecule has 1 aromatic rings. The molecule has 2 bridgehead atoms. The Morgan fingerprint density at radius 2 is 2.00 bits per heavy atom. The molecule has 0 unspecified atom stereocenters. The summed E-state index contributed by atoms with van der Waals surface area (Å²) >= 11 is 0. The molecule has 30 heavy (non-hydrogen) atoms. The summed E-state index contributed by atoms with van der Waals surface area (Å²) in [6.45, 7) is 1.22. The summed E-state index contributed by atoms with van der Waals surface area (Å²) in [6, 6.07) is 7.50. The van der Waals surface area contributed by atoms with E-state index < -0.39 is 5.41 Å². The number of likely N-dealkylation sites (tertiary alicyclic amines) is 2. The Labute approximate surface area is 177 Å². The number of imide groups is 1. The van der Waals surface area contributed by atoms with Gasteiger partial charge >= 0.3 is 0 Å². The third-order valence-electron chi connectivity index (χ3n) is 6.97. The normalized spacial score (nSPS) is 28.3. The van der Waals surface area contributed by atoms with Crippen LogP contribution in [0.15, 0.2) is 24.3 Å². The molecule has 7 nitrogen and oxygen atoms in total. The first-order chi connectivity index (χ1) is 14.5. The van der Waals surface area contributed by atoms with Crippen molar-refractivity contribution in [2.45, 2.75) is 50.0 Å². The molecule has 0 radical (unpaired) electrons. The van der Waals surface area contributed by atoms with E-state index in [1.54, 1.807) is 19.2 Å². The number of amides is 3. The van der Waals surface area contributed by atoms with Crippen LogP contribution in [-0.2, 0) is 24.5 Å². The van der Waals surface area contributed by atoms with E-state index in [2.05, 4.69) is 0 Å². The lowest BCUT2D eigenvalue weighted by Gasteiger charge is -2.32. The van der Waals surface area contributed by atoms with Gasteiger partial charge in [-0.3, -0.25) is 19.3 Å². The van der Waals surface area contributed by atoms with E-state index >= 15 is 0 Å². The van der Waals surface area contributed by atoms with E-state index in [1.807, 2.05) is 17.0 Å². The highest BCUT2D eigenvalue weighted by atomic mass is 16.5. The summed E-state index contributed by atoms with van der Waals surface area (Å²) < 4.78 is 10.6. The van der Waals surface area contributed by atoms with Crippen LogP contribution < -0.4 is 4.74 Å². The number of hydrogen-bond donors (Lipinski definition) is 0. The van der Waals surface area contributed by atoms with Gasteiger partial charge in [0, 0.05) is 38.1 Å². The van der Waals surface area contributed by atoms with Gasteiger partial charge in [-0.1, -0.05) is 24.6 Å². The minimum Gasteiger partial charge on any atom is -0.496 e. The van der Waals surface area contributed by atoms with E-state index in [9.17, 15) is 14.4 Å². The Morgan fingerprint density at radius 1 is 1.20 bits per heavy atom. The molecule has 7 heteroatoms. The Hall–Kier alpha value is -2.41. The van der Waals surface area contributed by atoms with Crippen molar-refractivity contribution in [1.82, 2.24) is 9.80 Å². The first kappa shape index (κ1) is 20.8. The van der Waals surface area contributed by atoms with Crippen LogP contribution in [0.25, 0.3) is 0 Å². The Morgan fingerprint density at radius 3 is 2.73 bits per heavy atom. The zero-order valence-electron chi connectivity index (χ0n) is 17.8. The molecule has 1 aliphatic carbocycles. The standard InChI is InChI=1S/C23H30N2O5/c1-29-11-10-24-20(26)13-23(22(24)28,18-8-3-4-9-19(18)30-2)14-21(27)25-15-16-6-5-7-17(25)12-16/h3-4,8-9,16-17H,5-7,10-15H2,1-2H3/t16-,17-,23-/m1/s1. The van der Waals surface area contributed by atoms with Crippen molar-refractivity contribution in [1.29, 1.82) is 0 Å². The summed E-state index contributed by atoms with van der Waals surface area (Å²) in [5, 5.41) is 0. The first-order valence-electron chi connectivity index (χ1n) is 10.8. The fourth-order valence-electron chi connectivity index (χ4n) is 5.50. The lowest BCUT2D eigenvalue weighted by molar-refractivity contribution is -0.143. The largest absolute Gasteiger partial charge is 0.496 e. The van der Waals surface area contributed by atoms with Crippen molar-refractivity contribution >= 4 is 17.7 Å². The number of hydrogen-bond acceptors (Lipinski definition) is 5. The van der Waals surface area contributed by atoms with E-state index in [0.717, 1.165) is 25.8 Å². The van der Waals surface area contributed by atoms with Crippen LogP contribution in [0.4, 0.5) is 0 Å². The van der Waals surface area contributed by atoms with Crippen molar-refractivity contribution in [2.75, 3.05) is 33.9 Å². The van der Waals surface area contributed by atoms with Gasteiger partial charge in [-0.25, -0.2) is 0 Å². The monoisotopic (exact) mass is 414 g/mol. The molecule has 0 spiro atoms. The van der Waals surface area contributed by atoms with Crippen molar-refractivity contribution < 1.29 is 23.9 Å². The molecule has 3 fully saturated rings. The van der Waals surface area contributed by atoms with Crippen LogP contribution in [0.3, 0.4) is 0 Å². The lowest BCUT2D eigenvalue weighted by Crippen LogP contribution is -2.45. The average molecular weight is 415 g/mol. The lowest BCUT2D eigenvalue weighted by atomic mass is 9.75. The molecule has 1 aromatic carbocycles. The maximum Gasteiger partial charge on any atom is 0.241 e. The maximum absolute atomic E-state index is 13.6. The van der Waals surface area contributed by atoms with Gasteiger partial charge in [0.15, 0.2) is 0 Å². The second kappa shape index (κ2) is 8.38. The van der Waals surface area contributed by atoms with Gasteiger partial charge in [-0.2, -0.15) is 0 Å². The van der Waals surface area contributed by atoms with Gasteiger partial charge < -0.3 is 14.4 Å². The number of rotatable bonds is 7. The molecule has 3 atom stereocenters. The zero-order valence-corrected chi connectivity index (χ0v) is 17.8. The minimum atomic E-state index is -1.23. The van der Waals surface area contributed by atoms with Crippen molar-refractivity contribution in [3.05, 3.63) is 29.8 Å². The fourth-order valence-corrected chi connectivity index (χ4v) is 5.50. The van der Waals surface area contributed by atoms with Crippen LogP contribution in [0, 0.1) is 5.92 Å². The van der Waals surface area contributed by atoms with Crippen LogP contribution in [-0.4, -0.2) is 67.5 Å². The minimum absolute atomic E-state index is 0.00928. The molecule has 2 aliphatic heterocycles. The highest BCUT2D eigenvalue weighted by molar-refractivity contribution is 6.11. The topological polar surface area (TPSA) is 76.2 Å². The summed E-state index contributed by atoms with van der Waals surface area (Å²) in [5.74, 6) is 0.458. The maximum atomic E-state index is 13.6. The average Bonchev–Trinajstić information content (AvgIpc) is 3.18. The number of para-hydroxylation sites is 1. The van der Waals surface area contributed by atoms with E-state index in [-0.39, 0.29) is 49.8 Å². The predicted molar refractivity (Wildman–Crippen MR) is 110 cm³/mol. The number of ether oxygens (including phenoxy) is 2. The molecule has 4 rings (SSSR count). The highest BCUT2D eigenvalue weighted by Crippen LogP contribution is 2.45.